The molecule has 2 N–H and O–H groups in total. The smallest absolute Gasteiger partial charge is 0.408 e. The van der Waals surface area contributed by atoms with E-state index in [-0.39, 0.29) is 23.8 Å². The Kier molecular flexibility index (Phi) is 11.6. The van der Waals surface area contributed by atoms with Gasteiger partial charge in [-0.2, -0.15) is 0 Å². The number of carbonyl (C=O) groups excluding carboxylic acids is 3. The normalized spacial score (nSPS) is 13.8. The molecule has 0 spiro atoms. The van der Waals surface area contributed by atoms with Crippen LogP contribution >= 0.6 is 11.6 Å². The van der Waals surface area contributed by atoms with E-state index in [0.717, 1.165) is 22.3 Å². The highest BCUT2D eigenvalue weighted by Gasteiger charge is 2.40. The molecular weight excluding hydrogens is 526 g/mol. The first-order valence-corrected chi connectivity index (χ1v) is 14.4. The molecular formula is C32H46ClN3O4. The third-order valence-corrected chi connectivity index (χ3v) is 7.14. The van der Waals surface area contributed by atoms with Gasteiger partial charge in [-0.3, -0.25) is 9.59 Å². The van der Waals surface area contributed by atoms with Crippen LogP contribution in [0, 0.1) is 26.7 Å². The minimum Gasteiger partial charge on any atom is -0.444 e. The van der Waals surface area contributed by atoms with Crippen molar-refractivity contribution in [2.75, 3.05) is 5.32 Å². The predicted octanol–water partition coefficient (Wildman–Crippen LogP) is 7.51. The number of rotatable bonds is 10. The molecule has 2 aromatic carbocycles. The number of carbonyl (C=O) groups is 3. The number of halogens is 1. The van der Waals surface area contributed by atoms with Crippen molar-refractivity contribution in [2.24, 2.45) is 5.92 Å². The summed E-state index contributed by atoms with van der Waals surface area (Å²) < 4.78 is 5.49. The lowest BCUT2D eigenvalue weighted by Crippen LogP contribution is -2.55. The standard InChI is InChI=1S/C32H46ClN3O4/c1-11-23(7)36(30(38)25(18-19(2)3)34-31(39)40-32(8,9)10)28(26-20(4)14-12-15-21(26)5)29(37)35-27-22(6)16-13-17-24(27)33/h12-17,19,23,25,28H,11,18H2,1-10H3,(H,34,39)(H,35,37). The zero-order valence-corrected chi connectivity index (χ0v) is 26.4. The molecule has 0 heterocycles. The van der Waals surface area contributed by atoms with E-state index >= 15 is 0 Å². The molecule has 0 aliphatic carbocycles. The number of alkyl carbamates (subject to hydrolysis) is 1. The van der Waals surface area contributed by atoms with Crippen molar-refractivity contribution >= 4 is 35.2 Å². The Labute approximate surface area is 245 Å². The fraction of sp³-hybridized carbons (Fsp3) is 0.531. The minimum absolute atomic E-state index is 0.0981. The van der Waals surface area contributed by atoms with Gasteiger partial charge in [0.2, 0.25) is 5.91 Å². The number of anilines is 1. The maximum absolute atomic E-state index is 14.5. The molecule has 3 atom stereocenters. The van der Waals surface area contributed by atoms with E-state index in [2.05, 4.69) is 10.6 Å². The molecule has 2 rings (SSSR count). The van der Waals surface area contributed by atoms with Crippen LogP contribution in [0.15, 0.2) is 36.4 Å². The summed E-state index contributed by atoms with van der Waals surface area (Å²) in [5.74, 6) is -0.615. The Morgan fingerprint density at radius 3 is 2.00 bits per heavy atom. The van der Waals surface area contributed by atoms with Gasteiger partial charge in [-0.05, 0) is 95.5 Å². The molecule has 2 aromatic rings. The van der Waals surface area contributed by atoms with Crippen LogP contribution in [0.2, 0.25) is 5.02 Å². The van der Waals surface area contributed by atoms with Crippen LogP contribution in [0.1, 0.15) is 89.6 Å². The van der Waals surface area contributed by atoms with Gasteiger partial charge in [-0.1, -0.05) is 62.7 Å². The molecule has 7 nitrogen and oxygen atoms in total. The number of nitrogens with one attached hydrogen (secondary N) is 2. The number of ether oxygens (including phenoxy) is 1. The van der Waals surface area contributed by atoms with Crippen molar-refractivity contribution < 1.29 is 19.1 Å². The quantitative estimate of drug-likeness (QED) is 0.309. The molecule has 0 aromatic heterocycles. The maximum Gasteiger partial charge on any atom is 0.408 e. The second-order valence-corrected chi connectivity index (χ2v) is 12.4. The predicted molar refractivity (Wildman–Crippen MR) is 163 cm³/mol. The lowest BCUT2D eigenvalue weighted by molar-refractivity contribution is -0.143. The summed E-state index contributed by atoms with van der Waals surface area (Å²) in [6.45, 7) is 18.9. The van der Waals surface area contributed by atoms with Crippen LogP contribution < -0.4 is 10.6 Å². The Balaban J connectivity index is 2.69. The molecule has 0 saturated heterocycles. The average molecular weight is 572 g/mol. The van der Waals surface area contributed by atoms with Crippen molar-refractivity contribution in [1.82, 2.24) is 10.2 Å². The van der Waals surface area contributed by atoms with Gasteiger partial charge < -0.3 is 20.3 Å². The Hall–Kier alpha value is -3.06. The van der Waals surface area contributed by atoms with Crippen molar-refractivity contribution in [1.29, 1.82) is 0 Å². The van der Waals surface area contributed by atoms with Crippen molar-refractivity contribution in [3.8, 4) is 0 Å². The third-order valence-electron chi connectivity index (χ3n) is 6.83. The van der Waals surface area contributed by atoms with Crippen LogP contribution in [0.5, 0.6) is 0 Å². The third kappa shape index (κ3) is 8.72. The molecule has 220 valence electrons. The zero-order chi connectivity index (χ0) is 30.4. The van der Waals surface area contributed by atoms with Gasteiger partial charge >= 0.3 is 6.09 Å². The number of hydrogen-bond donors (Lipinski definition) is 2. The van der Waals surface area contributed by atoms with E-state index < -0.39 is 23.8 Å². The first-order valence-electron chi connectivity index (χ1n) is 14.0. The van der Waals surface area contributed by atoms with Crippen LogP contribution in [-0.2, 0) is 14.3 Å². The summed E-state index contributed by atoms with van der Waals surface area (Å²) >= 11 is 6.48. The molecule has 0 bridgehead atoms. The number of amides is 3. The van der Waals surface area contributed by atoms with Gasteiger partial charge in [0, 0.05) is 6.04 Å². The fourth-order valence-electron chi connectivity index (χ4n) is 4.76. The van der Waals surface area contributed by atoms with E-state index in [4.69, 9.17) is 16.3 Å². The van der Waals surface area contributed by atoms with Crippen molar-refractivity contribution in [2.45, 2.75) is 106 Å². The lowest BCUT2D eigenvalue weighted by atomic mass is 9.91. The van der Waals surface area contributed by atoms with E-state index in [0.29, 0.717) is 23.6 Å². The first kappa shape index (κ1) is 33.1. The SMILES string of the molecule is CCC(C)N(C(=O)C(CC(C)C)NC(=O)OC(C)(C)C)C(C(=O)Nc1c(C)cccc1Cl)c1c(C)cccc1C. The number of hydrogen-bond acceptors (Lipinski definition) is 4. The number of benzene rings is 2. The molecule has 0 aliphatic rings. The molecule has 0 fully saturated rings. The van der Waals surface area contributed by atoms with E-state index in [1.165, 1.54) is 0 Å². The lowest BCUT2D eigenvalue weighted by Gasteiger charge is -2.39. The van der Waals surface area contributed by atoms with Gasteiger partial charge in [-0.15, -0.1) is 0 Å². The summed E-state index contributed by atoms with van der Waals surface area (Å²) in [7, 11) is 0. The van der Waals surface area contributed by atoms with Gasteiger partial charge in [0.1, 0.15) is 17.7 Å². The van der Waals surface area contributed by atoms with Gasteiger partial charge in [0.15, 0.2) is 0 Å². The van der Waals surface area contributed by atoms with Crippen LogP contribution in [-0.4, -0.2) is 40.5 Å². The van der Waals surface area contributed by atoms with Gasteiger partial charge in [0.25, 0.3) is 5.91 Å². The molecule has 0 radical (unpaired) electrons. The Morgan fingerprint density at radius 1 is 0.950 bits per heavy atom. The second kappa shape index (κ2) is 14.0. The Bertz CT molecular complexity index is 1160. The summed E-state index contributed by atoms with van der Waals surface area (Å²) in [4.78, 5) is 43.2. The van der Waals surface area contributed by atoms with E-state index in [9.17, 15) is 14.4 Å². The zero-order valence-electron chi connectivity index (χ0n) is 25.6. The average Bonchev–Trinajstić information content (AvgIpc) is 2.83. The summed E-state index contributed by atoms with van der Waals surface area (Å²) in [6.07, 6.45) is 0.317. The highest BCUT2D eigenvalue weighted by molar-refractivity contribution is 6.34. The van der Waals surface area contributed by atoms with Crippen LogP contribution in [0.4, 0.5) is 10.5 Å². The molecule has 3 unspecified atom stereocenters. The molecule has 8 heteroatoms. The fourth-order valence-corrected chi connectivity index (χ4v) is 5.02. The number of aryl methyl sites for hydroxylation is 3. The highest BCUT2D eigenvalue weighted by Crippen LogP contribution is 2.34. The number of nitrogens with zero attached hydrogens (tertiary/aromatic N) is 1. The van der Waals surface area contributed by atoms with E-state index in [1.807, 2.05) is 78.8 Å². The van der Waals surface area contributed by atoms with E-state index in [1.54, 1.807) is 31.7 Å². The maximum atomic E-state index is 14.5. The topological polar surface area (TPSA) is 87.7 Å². The van der Waals surface area contributed by atoms with Crippen LogP contribution in [0.3, 0.4) is 0 Å². The largest absolute Gasteiger partial charge is 0.444 e. The Morgan fingerprint density at radius 2 is 1.50 bits per heavy atom. The minimum atomic E-state index is -0.963. The molecule has 3 amide bonds. The summed E-state index contributed by atoms with van der Waals surface area (Å²) in [5, 5.41) is 6.24. The van der Waals surface area contributed by atoms with Crippen molar-refractivity contribution in [3.63, 3.8) is 0 Å². The molecule has 0 saturated carbocycles. The molecule has 40 heavy (non-hydrogen) atoms. The van der Waals surface area contributed by atoms with Crippen LogP contribution in [0.25, 0.3) is 0 Å². The van der Waals surface area contributed by atoms with Gasteiger partial charge in [0.05, 0.1) is 10.7 Å². The first-order chi connectivity index (χ1) is 18.6. The molecule has 0 aliphatic heterocycles. The van der Waals surface area contributed by atoms with Crippen molar-refractivity contribution in [3.05, 3.63) is 63.7 Å². The second-order valence-electron chi connectivity index (χ2n) is 12.0. The monoisotopic (exact) mass is 571 g/mol. The summed E-state index contributed by atoms with van der Waals surface area (Å²) in [5.41, 5.74) is 3.12. The highest BCUT2D eigenvalue weighted by atomic mass is 35.5. The summed E-state index contributed by atoms with van der Waals surface area (Å²) in [6, 6.07) is 9.06. The van der Waals surface area contributed by atoms with Gasteiger partial charge in [-0.25, -0.2) is 4.79 Å². The number of para-hydroxylation sites is 1.